The fourth-order valence-electron chi connectivity index (χ4n) is 1.15. The van der Waals surface area contributed by atoms with E-state index in [1.807, 2.05) is 6.92 Å². The molecule has 1 aliphatic heterocycles. The molecule has 0 amide bonds. The van der Waals surface area contributed by atoms with Gasteiger partial charge in [-0.3, -0.25) is 4.79 Å². The van der Waals surface area contributed by atoms with Gasteiger partial charge in [-0.15, -0.1) is 0 Å². The maximum Gasteiger partial charge on any atom is 0.312 e. The number of esters is 1. The Balaban J connectivity index is 2.14. The molecule has 0 N–H and O–H groups in total. The first-order chi connectivity index (χ1) is 4.75. The van der Waals surface area contributed by atoms with Crippen LogP contribution in [0.4, 0.5) is 0 Å². The zero-order chi connectivity index (χ0) is 7.56. The van der Waals surface area contributed by atoms with Crippen LogP contribution in [-0.4, -0.2) is 12.1 Å². The van der Waals surface area contributed by atoms with E-state index in [-0.39, 0.29) is 18.0 Å². The molecule has 0 radical (unpaired) electrons. The highest BCUT2D eigenvalue weighted by atomic mass is 16.6. The van der Waals surface area contributed by atoms with E-state index in [1.165, 1.54) is 12.8 Å². The Morgan fingerprint density at radius 2 is 2.30 bits per heavy atom. The van der Waals surface area contributed by atoms with Crippen molar-refractivity contribution in [3.63, 3.8) is 0 Å². The van der Waals surface area contributed by atoms with E-state index in [0.29, 0.717) is 0 Å². The summed E-state index contributed by atoms with van der Waals surface area (Å²) in [6.07, 6.45) is 3.62. The topological polar surface area (TPSA) is 26.3 Å². The van der Waals surface area contributed by atoms with Crippen molar-refractivity contribution in [2.24, 2.45) is 5.92 Å². The summed E-state index contributed by atoms with van der Waals surface area (Å²) in [6, 6.07) is 0. The third-order valence-corrected chi connectivity index (χ3v) is 2.04. The highest BCUT2D eigenvalue weighted by Gasteiger charge is 2.37. The van der Waals surface area contributed by atoms with Crippen LogP contribution in [0.25, 0.3) is 0 Å². The Hall–Kier alpha value is -0.530. The van der Waals surface area contributed by atoms with Gasteiger partial charge in [-0.2, -0.15) is 0 Å². The minimum atomic E-state index is -0.0268. The van der Waals surface area contributed by atoms with Crippen LogP contribution in [0.5, 0.6) is 0 Å². The molecular formula is C8H14O2. The molecule has 0 aromatic heterocycles. The molecule has 10 heavy (non-hydrogen) atoms. The molecule has 2 nitrogen and oxygen atoms in total. The molecule has 0 unspecified atom stereocenters. The second-order valence-electron chi connectivity index (χ2n) is 2.91. The first-order valence-electron chi connectivity index (χ1n) is 3.96. The van der Waals surface area contributed by atoms with E-state index in [0.717, 1.165) is 6.42 Å². The van der Waals surface area contributed by atoms with Gasteiger partial charge in [0, 0.05) is 0 Å². The molecule has 58 valence electrons. The number of hydrogen-bond donors (Lipinski definition) is 0. The van der Waals surface area contributed by atoms with Gasteiger partial charge >= 0.3 is 5.97 Å². The van der Waals surface area contributed by atoms with Crippen LogP contribution in [0, 0.1) is 5.92 Å². The molecular weight excluding hydrogens is 128 g/mol. The monoisotopic (exact) mass is 142 g/mol. The predicted molar refractivity (Wildman–Crippen MR) is 38.6 cm³/mol. The van der Waals surface area contributed by atoms with Crippen molar-refractivity contribution in [1.82, 2.24) is 0 Å². The van der Waals surface area contributed by atoms with Gasteiger partial charge in [0.2, 0.25) is 0 Å². The zero-order valence-corrected chi connectivity index (χ0v) is 6.59. The Labute approximate surface area is 61.6 Å². The number of cyclic esters (lactones) is 1. The third kappa shape index (κ3) is 1.31. The number of hydrogen-bond acceptors (Lipinski definition) is 2. The molecule has 0 bridgehead atoms. The lowest BCUT2D eigenvalue weighted by atomic mass is 9.95. The van der Waals surface area contributed by atoms with Gasteiger partial charge < -0.3 is 4.74 Å². The molecule has 1 heterocycles. The Morgan fingerprint density at radius 3 is 2.70 bits per heavy atom. The van der Waals surface area contributed by atoms with Crippen molar-refractivity contribution in [2.75, 3.05) is 0 Å². The number of rotatable bonds is 3. The number of unbranched alkanes of at least 4 members (excludes halogenated alkanes) is 1. The summed E-state index contributed by atoms with van der Waals surface area (Å²) in [5.41, 5.74) is 0. The van der Waals surface area contributed by atoms with Gasteiger partial charge in [0.05, 0.1) is 5.92 Å². The normalized spacial score (nSPS) is 31.2. The van der Waals surface area contributed by atoms with Gasteiger partial charge in [0.1, 0.15) is 6.10 Å². The fraction of sp³-hybridized carbons (Fsp3) is 0.875. The van der Waals surface area contributed by atoms with Gasteiger partial charge in [-0.05, 0) is 13.3 Å². The summed E-state index contributed by atoms with van der Waals surface area (Å²) in [5, 5.41) is 0. The quantitative estimate of drug-likeness (QED) is 0.561. The Kier molecular flexibility index (Phi) is 2.30. The minimum Gasteiger partial charge on any atom is -0.461 e. The van der Waals surface area contributed by atoms with Crippen LogP contribution >= 0.6 is 0 Å². The molecule has 1 fully saturated rings. The third-order valence-electron chi connectivity index (χ3n) is 2.04. The van der Waals surface area contributed by atoms with Crippen molar-refractivity contribution >= 4 is 5.97 Å². The van der Waals surface area contributed by atoms with Crippen LogP contribution in [0.2, 0.25) is 0 Å². The van der Waals surface area contributed by atoms with Crippen LogP contribution in [0.15, 0.2) is 0 Å². The van der Waals surface area contributed by atoms with Crippen molar-refractivity contribution in [2.45, 2.75) is 39.2 Å². The van der Waals surface area contributed by atoms with Crippen molar-refractivity contribution < 1.29 is 9.53 Å². The van der Waals surface area contributed by atoms with Gasteiger partial charge in [-0.1, -0.05) is 19.8 Å². The zero-order valence-electron chi connectivity index (χ0n) is 6.59. The average Bonchev–Trinajstić information content (AvgIpc) is 1.97. The average molecular weight is 142 g/mol. The lowest BCUT2D eigenvalue weighted by Gasteiger charge is -2.32. The van der Waals surface area contributed by atoms with Crippen LogP contribution in [0.3, 0.4) is 0 Å². The van der Waals surface area contributed by atoms with Gasteiger partial charge in [0.15, 0.2) is 0 Å². The Morgan fingerprint density at radius 1 is 1.60 bits per heavy atom. The van der Waals surface area contributed by atoms with Crippen molar-refractivity contribution in [3.05, 3.63) is 0 Å². The largest absolute Gasteiger partial charge is 0.461 e. The lowest BCUT2D eigenvalue weighted by molar-refractivity contribution is -0.183. The van der Waals surface area contributed by atoms with Gasteiger partial charge in [-0.25, -0.2) is 0 Å². The van der Waals surface area contributed by atoms with E-state index in [9.17, 15) is 4.79 Å². The molecule has 0 spiro atoms. The van der Waals surface area contributed by atoms with E-state index in [1.54, 1.807) is 0 Å². The molecule has 2 atom stereocenters. The number of carbonyl (C=O) groups excluding carboxylic acids is 1. The first kappa shape index (κ1) is 7.58. The van der Waals surface area contributed by atoms with E-state index in [2.05, 4.69) is 6.92 Å². The summed E-state index contributed by atoms with van der Waals surface area (Å²) in [4.78, 5) is 10.6. The predicted octanol–water partition coefficient (Wildman–Crippen LogP) is 1.74. The molecule has 0 aromatic carbocycles. The van der Waals surface area contributed by atoms with Crippen LogP contribution in [0.1, 0.15) is 33.1 Å². The minimum absolute atomic E-state index is 0.0268. The summed E-state index contributed by atoms with van der Waals surface area (Å²) >= 11 is 0. The number of ether oxygens (including phenoxy) is 1. The highest BCUT2D eigenvalue weighted by Crippen LogP contribution is 2.25. The Bertz CT molecular complexity index is 131. The smallest absolute Gasteiger partial charge is 0.312 e. The van der Waals surface area contributed by atoms with Crippen LogP contribution < -0.4 is 0 Å². The summed E-state index contributed by atoms with van der Waals surface area (Å²) in [6.45, 7) is 4.08. The molecule has 0 aromatic rings. The van der Waals surface area contributed by atoms with Crippen molar-refractivity contribution in [3.8, 4) is 0 Å². The standard InChI is InChI=1S/C8H14O2/c1-3-4-5-7-6(2)8(9)10-7/h6-7H,3-5H2,1-2H3/t6-,7-/m1/s1. The van der Waals surface area contributed by atoms with E-state index >= 15 is 0 Å². The van der Waals surface area contributed by atoms with E-state index < -0.39 is 0 Å². The maximum atomic E-state index is 10.6. The molecule has 2 heteroatoms. The summed E-state index contributed by atoms with van der Waals surface area (Å²) in [7, 11) is 0. The lowest BCUT2D eigenvalue weighted by Crippen LogP contribution is -2.42. The fourth-order valence-corrected chi connectivity index (χ4v) is 1.15. The van der Waals surface area contributed by atoms with Gasteiger partial charge in [0.25, 0.3) is 0 Å². The summed E-state index contributed by atoms with van der Waals surface area (Å²) < 4.78 is 4.91. The number of carbonyl (C=O) groups is 1. The second kappa shape index (κ2) is 3.04. The molecule has 0 saturated carbocycles. The molecule has 0 aliphatic carbocycles. The van der Waals surface area contributed by atoms with E-state index in [4.69, 9.17) is 4.74 Å². The first-order valence-corrected chi connectivity index (χ1v) is 3.96. The molecule has 1 saturated heterocycles. The maximum absolute atomic E-state index is 10.6. The highest BCUT2D eigenvalue weighted by molar-refractivity contribution is 5.77. The van der Waals surface area contributed by atoms with Crippen molar-refractivity contribution in [1.29, 1.82) is 0 Å². The second-order valence-corrected chi connectivity index (χ2v) is 2.91. The molecule has 1 rings (SSSR count). The SMILES string of the molecule is CCCC[C@H]1OC(=O)[C@@H]1C. The molecule has 1 aliphatic rings. The van der Waals surface area contributed by atoms with Crippen LogP contribution in [-0.2, 0) is 9.53 Å². The summed E-state index contributed by atoms with van der Waals surface area (Å²) in [5.74, 6) is 0.132.